The number of carbonyl (C=O) groups is 1. The minimum absolute atomic E-state index is 0.0260. The van der Waals surface area contributed by atoms with Crippen LogP contribution in [0.15, 0.2) is 11.0 Å². The van der Waals surface area contributed by atoms with E-state index in [1.54, 1.807) is 6.92 Å². The van der Waals surface area contributed by atoms with Gasteiger partial charge in [-0.3, -0.25) is 4.79 Å². The van der Waals surface area contributed by atoms with E-state index < -0.39 is 9.05 Å². The molecule has 1 heterocycles. The minimum atomic E-state index is -3.78. The molecular formula is C11H14ClNO3S2. The Morgan fingerprint density at radius 3 is 2.50 bits per heavy atom. The van der Waals surface area contributed by atoms with E-state index in [1.165, 1.54) is 6.07 Å². The summed E-state index contributed by atoms with van der Waals surface area (Å²) in [5.41, 5.74) is -0.144. The topological polar surface area (TPSA) is 63.2 Å². The van der Waals surface area contributed by atoms with E-state index in [-0.39, 0.29) is 16.3 Å². The summed E-state index contributed by atoms with van der Waals surface area (Å²) in [5.74, 6) is -0.225. The lowest BCUT2D eigenvalue weighted by Gasteiger charge is -2.38. The van der Waals surface area contributed by atoms with E-state index in [0.29, 0.717) is 9.75 Å². The molecule has 0 aliphatic heterocycles. The lowest BCUT2D eigenvalue weighted by Crippen LogP contribution is -2.50. The monoisotopic (exact) mass is 307 g/mol. The number of hydrogen-bond donors (Lipinski definition) is 1. The summed E-state index contributed by atoms with van der Waals surface area (Å²) in [4.78, 5) is 13.0. The van der Waals surface area contributed by atoms with Crippen molar-refractivity contribution in [2.45, 2.75) is 43.5 Å². The molecular weight excluding hydrogens is 294 g/mol. The summed E-state index contributed by atoms with van der Waals surface area (Å²) in [7, 11) is 1.52. The molecule has 4 nitrogen and oxygen atoms in total. The third kappa shape index (κ3) is 2.70. The number of nitrogens with one attached hydrogen (secondary N) is 1. The molecule has 1 fully saturated rings. The molecule has 1 saturated carbocycles. The van der Waals surface area contributed by atoms with Crippen molar-refractivity contribution in [1.29, 1.82) is 0 Å². The standard InChI is InChI=1S/C11H14ClNO3S2/c1-7-9(18(12,15)16)6-8(17-7)10(14)13-11(2)4-3-5-11/h6H,3-5H2,1-2H3,(H,13,14). The van der Waals surface area contributed by atoms with Crippen molar-refractivity contribution in [3.05, 3.63) is 15.8 Å². The lowest BCUT2D eigenvalue weighted by atomic mass is 9.78. The molecule has 1 aromatic rings. The third-order valence-electron chi connectivity index (χ3n) is 3.23. The first kappa shape index (κ1) is 13.8. The smallest absolute Gasteiger partial charge is 0.262 e. The average Bonchev–Trinajstić information content (AvgIpc) is 2.57. The molecule has 2 rings (SSSR count). The molecule has 0 bridgehead atoms. The summed E-state index contributed by atoms with van der Waals surface area (Å²) >= 11 is 1.15. The molecule has 0 saturated heterocycles. The van der Waals surface area contributed by atoms with Crippen molar-refractivity contribution < 1.29 is 13.2 Å². The van der Waals surface area contributed by atoms with Crippen molar-refractivity contribution >= 4 is 37.0 Å². The first-order valence-corrected chi connectivity index (χ1v) is 8.71. The van der Waals surface area contributed by atoms with E-state index in [4.69, 9.17) is 10.7 Å². The van der Waals surface area contributed by atoms with Crippen LogP contribution in [0.1, 0.15) is 40.7 Å². The number of aryl methyl sites for hydroxylation is 1. The summed E-state index contributed by atoms with van der Waals surface area (Å²) in [6, 6.07) is 1.35. The Balaban J connectivity index is 2.22. The number of carbonyl (C=O) groups excluding carboxylic acids is 1. The maximum Gasteiger partial charge on any atom is 0.262 e. The number of rotatable bonds is 3. The van der Waals surface area contributed by atoms with Crippen LogP contribution in [0.2, 0.25) is 0 Å². The van der Waals surface area contributed by atoms with E-state index >= 15 is 0 Å². The van der Waals surface area contributed by atoms with Crippen LogP contribution in [0.3, 0.4) is 0 Å². The van der Waals surface area contributed by atoms with Gasteiger partial charge in [0.2, 0.25) is 0 Å². The molecule has 1 aliphatic carbocycles. The van der Waals surface area contributed by atoms with Gasteiger partial charge in [0, 0.05) is 21.1 Å². The maximum absolute atomic E-state index is 12.0. The van der Waals surface area contributed by atoms with Crippen LogP contribution in [0.5, 0.6) is 0 Å². The van der Waals surface area contributed by atoms with Gasteiger partial charge in [-0.1, -0.05) is 0 Å². The summed E-state index contributed by atoms with van der Waals surface area (Å²) in [6.07, 6.45) is 3.04. The fourth-order valence-corrected chi connectivity index (χ4v) is 4.55. The van der Waals surface area contributed by atoms with Gasteiger partial charge in [-0.05, 0) is 39.2 Å². The zero-order valence-electron chi connectivity index (χ0n) is 10.1. The minimum Gasteiger partial charge on any atom is -0.346 e. The van der Waals surface area contributed by atoms with Gasteiger partial charge in [0.15, 0.2) is 0 Å². The lowest BCUT2D eigenvalue weighted by molar-refractivity contribution is 0.0854. The number of amides is 1. The van der Waals surface area contributed by atoms with E-state index in [1.807, 2.05) is 6.92 Å². The van der Waals surface area contributed by atoms with Gasteiger partial charge in [0.25, 0.3) is 15.0 Å². The van der Waals surface area contributed by atoms with Gasteiger partial charge in [-0.25, -0.2) is 8.42 Å². The second kappa shape index (κ2) is 4.51. The quantitative estimate of drug-likeness (QED) is 0.873. The van der Waals surface area contributed by atoms with Gasteiger partial charge in [0.1, 0.15) is 0 Å². The van der Waals surface area contributed by atoms with Crippen molar-refractivity contribution in [3.63, 3.8) is 0 Å². The Labute approximate surface area is 115 Å². The zero-order valence-corrected chi connectivity index (χ0v) is 12.5. The normalized spacial score (nSPS) is 18.2. The highest BCUT2D eigenvalue weighted by Crippen LogP contribution is 2.33. The van der Waals surface area contributed by atoms with Crippen LogP contribution in [-0.2, 0) is 9.05 Å². The Kier molecular flexibility index (Phi) is 3.46. The molecule has 1 aliphatic rings. The number of thiophene rings is 1. The van der Waals surface area contributed by atoms with Gasteiger partial charge < -0.3 is 5.32 Å². The Morgan fingerprint density at radius 2 is 2.11 bits per heavy atom. The first-order valence-electron chi connectivity index (χ1n) is 5.59. The predicted molar refractivity (Wildman–Crippen MR) is 71.8 cm³/mol. The van der Waals surface area contributed by atoms with Gasteiger partial charge in [-0.2, -0.15) is 0 Å². The largest absolute Gasteiger partial charge is 0.346 e. The second-order valence-corrected chi connectivity index (χ2v) is 8.63. The van der Waals surface area contributed by atoms with Crippen molar-refractivity contribution in [3.8, 4) is 0 Å². The molecule has 1 aromatic heterocycles. The van der Waals surface area contributed by atoms with Crippen molar-refractivity contribution in [2.75, 3.05) is 0 Å². The molecule has 1 amide bonds. The van der Waals surface area contributed by atoms with E-state index in [9.17, 15) is 13.2 Å². The number of halogens is 1. The first-order chi connectivity index (χ1) is 8.21. The molecule has 18 heavy (non-hydrogen) atoms. The average molecular weight is 308 g/mol. The predicted octanol–water partition coefficient (Wildman–Crippen LogP) is 2.66. The molecule has 0 unspecified atom stereocenters. The SMILES string of the molecule is Cc1sc(C(=O)NC2(C)CCC2)cc1S(=O)(=O)Cl. The molecule has 7 heteroatoms. The summed E-state index contributed by atoms with van der Waals surface area (Å²) in [6.45, 7) is 3.63. The van der Waals surface area contributed by atoms with Crippen LogP contribution in [0.4, 0.5) is 0 Å². The molecule has 0 radical (unpaired) electrons. The van der Waals surface area contributed by atoms with Gasteiger partial charge in [0.05, 0.1) is 9.77 Å². The van der Waals surface area contributed by atoms with Crippen LogP contribution in [0, 0.1) is 6.92 Å². The van der Waals surface area contributed by atoms with Crippen LogP contribution >= 0.6 is 22.0 Å². The Bertz CT molecular complexity index is 587. The highest BCUT2D eigenvalue weighted by atomic mass is 35.7. The highest BCUT2D eigenvalue weighted by Gasteiger charge is 2.34. The van der Waals surface area contributed by atoms with E-state index in [0.717, 1.165) is 30.6 Å². The summed E-state index contributed by atoms with van der Waals surface area (Å²) < 4.78 is 22.6. The fourth-order valence-electron chi connectivity index (χ4n) is 1.99. The molecule has 0 aromatic carbocycles. The number of hydrogen-bond acceptors (Lipinski definition) is 4. The van der Waals surface area contributed by atoms with Gasteiger partial charge in [-0.15, -0.1) is 11.3 Å². The van der Waals surface area contributed by atoms with Crippen LogP contribution in [-0.4, -0.2) is 19.9 Å². The molecule has 100 valence electrons. The molecule has 0 atom stereocenters. The summed E-state index contributed by atoms with van der Waals surface area (Å²) in [5, 5.41) is 2.93. The Morgan fingerprint density at radius 1 is 1.50 bits per heavy atom. The maximum atomic E-state index is 12.0. The van der Waals surface area contributed by atoms with Crippen LogP contribution in [0.25, 0.3) is 0 Å². The highest BCUT2D eigenvalue weighted by molar-refractivity contribution is 8.13. The van der Waals surface area contributed by atoms with Crippen molar-refractivity contribution in [2.24, 2.45) is 0 Å². The molecule has 0 spiro atoms. The fraction of sp³-hybridized carbons (Fsp3) is 0.545. The van der Waals surface area contributed by atoms with Crippen molar-refractivity contribution in [1.82, 2.24) is 5.32 Å². The van der Waals surface area contributed by atoms with Crippen LogP contribution < -0.4 is 5.32 Å². The zero-order chi connectivity index (χ0) is 13.6. The second-order valence-electron chi connectivity index (χ2n) is 4.84. The Hall–Kier alpha value is -0.590. The third-order valence-corrected chi connectivity index (χ3v) is 5.86. The van der Waals surface area contributed by atoms with Gasteiger partial charge >= 0.3 is 0 Å². The molecule has 1 N–H and O–H groups in total. The van der Waals surface area contributed by atoms with E-state index in [2.05, 4.69) is 5.32 Å².